The van der Waals surface area contributed by atoms with Crippen molar-refractivity contribution in [3.8, 4) is 0 Å². The number of carbonyl (C=O) groups is 2. The van der Waals surface area contributed by atoms with Gasteiger partial charge in [0.05, 0.1) is 10.6 Å². The first kappa shape index (κ1) is 15.8. The lowest BCUT2D eigenvalue weighted by molar-refractivity contribution is -0.116. The molecule has 0 saturated carbocycles. The van der Waals surface area contributed by atoms with Crippen LogP contribution in [0.2, 0.25) is 5.02 Å². The van der Waals surface area contributed by atoms with E-state index in [1.807, 2.05) is 0 Å². The van der Waals surface area contributed by atoms with E-state index in [0.29, 0.717) is 22.7 Å². The van der Waals surface area contributed by atoms with E-state index >= 15 is 0 Å². The summed E-state index contributed by atoms with van der Waals surface area (Å²) < 4.78 is 0. The Bertz CT molecular complexity index is 540. The van der Waals surface area contributed by atoms with Crippen LogP contribution in [0.5, 0.6) is 0 Å². The highest BCUT2D eigenvalue weighted by Crippen LogP contribution is 2.22. The van der Waals surface area contributed by atoms with Crippen molar-refractivity contribution in [1.29, 1.82) is 0 Å². The van der Waals surface area contributed by atoms with Crippen LogP contribution in [0.15, 0.2) is 18.2 Å². The number of amides is 2. The third-order valence-corrected chi connectivity index (χ3v) is 3.81. The van der Waals surface area contributed by atoms with Gasteiger partial charge in [-0.05, 0) is 37.6 Å². The molecule has 0 spiro atoms. The molecule has 6 heteroatoms. The van der Waals surface area contributed by atoms with Gasteiger partial charge in [-0.3, -0.25) is 9.59 Å². The summed E-state index contributed by atoms with van der Waals surface area (Å²) in [6.07, 6.45) is 2.58. The molecule has 2 rings (SSSR count). The Morgan fingerprint density at radius 2 is 2.19 bits per heavy atom. The highest BCUT2D eigenvalue weighted by molar-refractivity contribution is 6.34. The second-order valence-corrected chi connectivity index (χ2v) is 5.85. The number of nitrogens with one attached hydrogen (secondary N) is 2. The van der Waals surface area contributed by atoms with Crippen molar-refractivity contribution in [2.75, 3.05) is 26.0 Å². The zero-order valence-electron chi connectivity index (χ0n) is 12.3. The molecule has 1 unspecified atom stereocenters. The summed E-state index contributed by atoms with van der Waals surface area (Å²) in [5.74, 6) is -0.242. The molecule has 2 amide bonds. The number of halogens is 1. The molecule has 1 aliphatic rings. The van der Waals surface area contributed by atoms with Crippen molar-refractivity contribution >= 4 is 29.1 Å². The molecule has 1 saturated heterocycles. The zero-order chi connectivity index (χ0) is 15.4. The number of anilines is 1. The topological polar surface area (TPSA) is 61.4 Å². The van der Waals surface area contributed by atoms with Crippen LogP contribution in [-0.4, -0.2) is 43.4 Å². The molecule has 1 heterocycles. The molecule has 0 radical (unpaired) electrons. The number of benzene rings is 1. The van der Waals surface area contributed by atoms with Crippen LogP contribution in [0.3, 0.4) is 0 Å². The van der Waals surface area contributed by atoms with E-state index in [0.717, 1.165) is 19.4 Å². The van der Waals surface area contributed by atoms with Gasteiger partial charge in [0.15, 0.2) is 0 Å². The van der Waals surface area contributed by atoms with Gasteiger partial charge in [-0.25, -0.2) is 0 Å². The highest BCUT2D eigenvalue weighted by atomic mass is 35.5. The SMILES string of the molecule is CN(C)C(=O)c1cc(NC(=O)CC2CCCN2)ccc1Cl. The first-order valence-electron chi connectivity index (χ1n) is 7.02. The fraction of sp³-hybridized carbons (Fsp3) is 0.467. The highest BCUT2D eigenvalue weighted by Gasteiger charge is 2.18. The normalized spacial score (nSPS) is 17.6. The molecule has 21 heavy (non-hydrogen) atoms. The van der Waals surface area contributed by atoms with Gasteiger partial charge in [-0.1, -0.05) is 11.6 Å². The Balaban J connectivity index is 2.04. The molecule has 1 aromatic carbocycles. The molecule has 1 fully saturated rings. The van der Waals surface area contributed by atoms with Crippen molar-refractivity contribution < 1.29 is 9.59 Å². The molecule has 114 valence electrons. The summed E-state index contributed by atoms with van der Waals surface area (Å²) in [5.41, 5.74) is 0.978. The molecule has 5 nitrogen and oxygen atoms in total. The lowest BCUT2D eigenvalue weighted by Gasteiger charge is -2.14. The van der Waals surface area contributed by atoms with Crippen LogP contribution in [0.1, 0.15) is 29.6 Å². The predicted molar refractivity (Wildman–Crippen MR) is 83.7 cm³/mol. The lowest BCUT2D eigenvalue weighted by Crippen LogP contribution is -2.27. The van der Waals surface area contributed by atoms with Crippen molar-refractivity contribution in [2.45, 2.75) is 25.3 Å². The van der Waals surface area contributed by atoms with Crippen molar-refractivity contribution in [1.82, 2.24) is 10.2 Å². The maximum absolute atomic E-state index is 12.0. The molecule has 1 atom stereocenters. The van der Waals surface area contributed by atoms with E-state index in [2.05, 4.69) is 10.6 Å². The average Bonchev–Trinajstić information content (AvgIpc) is 2.92. The Morgan fingerprint density at radius 3 is 2.81 bits per heavy atom. The van der Waals surface area contributed by atoms with Crippen LogP contribution in [0, 0.1) is 0 Å². The third kappa shape index (κ3) is 4.19. The Kier molecular flexibility index (Phi) is 5.20. The molecule has 0 bridgehead atoms. The Morgan fingerprint density at radius 1 is 1.43 bits per heavy atom. The minimum Gasteiger partial charge on any atom is -0.345 e. The summed E-state index contributed by atoms with van der Waals surface area (Å²) in [6.45, 7) is 0.973. The van der Waals surface area contributed by atoms with Crippen molar-refractivity contribution in [2.24, 2.45) is 0 Å². The molecule has 2 N–H and O–H groups in total. The van der Waals surface area contributed by atoms with Gasteiger partial charge < -0.3 is 15.5 Å². The van der Waals surface area contributed by atoms with E-state index in [9.17, 15) is 9.59 Å². The van der Waals surface area contributed by atoms with Gasteiger partial charge in [0.1, 0.15) is 0 Å². The van der Waals surface area contributed by atoms with Crippen molar-refractivity contribution in [3.63, 3.8) is 0 Å². The van der Waals surface area contributed by atoms with Crippen LogP contribution in [-0.2, 0) is 4.79 Å². The minimum absolute atomic E-state index is 0.0556. The summed E-state index contributed by atoms with van der Waals surface area (Å²) in [6, 6.07) is 5.20. The number of nitrogens with zero attached hydrogens (tertiary/aromatic N) is 1. The first-order chi connectivity index (χ1) is 9.97. The van der Waals surface area contributed by atoms with Gasteiger partial charge in [0, 0.05) is 32.2 Å². The maximum Gasteiger partial charge on any atom is 0.254 e. The summed E-state index contributed by atoms with van der Waals surface area (Å²) in [4.78, 5) is 25.4. The first-order valence-corrected chi connectivity index (χ1v) is 7.39. The summed E-state index contributed by atoms with van der Waals surface area (Å²) >= 11 is 6.04. The molecule has 0 aromatic heterocycles. The molecular formula is C15H20ClN3O2. The second-order valence-electron chi connectivity index (χ2n) is 5.44. The maximum atomic E-state index is 12.0. The summed E-state index contributed by atoms with van der Waals surface area (Å²) in [7, 11) is 3.32. The van der Waals surface area contributed by atoms with E-state index in [-0.39, 0.29) is 17.9 Å². The zero-order valence-corrected chi connectivity index (χ0v) is 13.0. The minimum atomic E-state index is -0.187. The average molecular weight is 310 g/mol. The van der Waals surface area contributed by atoms with E-state index in [1.54, 1.807) is 32.3 Å². The smallest absolute Gasteiger partial charge is 0.254 e. The van der Waals surface area contributed by atoms with E-state index in [1.165, 1.54) is 4.90 Å². The standard InChI is InChI=1S/C15H20ClN3O2/c1-19(2)15(21)12-8-11(5-6-13(12)16)18-14(20)9-10-4-3-7-17-10/h5-6,8,10,17H,3-4,7,9H2,1-2H3,(H,18,20). The quantitative estimate of drug-likeness (QED) is 0.895. The van der Waals surface area contributed by atoms with Crippen LogP contribution >= 0.6 is 11.6 Å². The van der Waals surface area contributed by atoms with E-state index in [4.69, 9.17) is 11.6 Å². The molecular weight excluding hydrogens is 290 g/mol. The monoisotopic (exact) mass is 309 g/mol. The largest absolute Gasteiger partial charge is 0.345 e. The fourth-order valence-electron chi connectivity index (χ4n) is 2.37. The molecule has 0 aliphatic carbocycles. The van der Waals surface area contributed by atoms with Crippen molar-refractivity contribution in [3.05, 3.63) is 28.8 Å². The van der Waals surface area contributed by atoms with Gasteiger partial charge in [-0.15, -0.1) is 0 Å². The number of carbonyl (C=O) groups excluding carboxylic acids is 2. The number of hydrogen-bond acceptors (Lipinski definition) is 3. The van der Waals surface area contributed by atoms with Crippen LogP contribution in [0.25, 0.3) is 0 Å². The molecule has 1 aromatic rings. The summed E-state index contributed by atoms with van der Waals surface area (Å²) in [5, 5.41) is 6.48. The van der Waals surface area contributed by atoms with Crippen LogP contribution < -0.4 is 10.6 Å². The Labute approximate surface area is 129 Å². The fourth-order valence-corrected chi connectivity index (χ4v) is 2.57. The van der Waals surface area contributed by atoms with Gasteiger partial charge >= 0.3 is 0 Å². The second kappa shape index (κ2) is 6.91. The van der Waals surface area contributed by atoms with Gasteiger partial charge in [0.2, 0.25) is 5.91 Å². The van der Waals surface area contributed by atoms with Gasteiger partial charge in [0.25, 0.3) is 5.91 Å². The lowest BCUT2D eigenvalue weighted by atomic mass is 10.1. The Hall–Kier alpha value is -1.59. The predicted octanol–water partition coefficient (Wildman–Crippen LogP) is 2.12. The molecule has 1 aliphatic heterocycles. The van der Waals surface area contributed by atoms with E-state index < -0.39 is 0 Å². The van der Waals surface area contributed by atoms with Crippen LogP contribution in [0.4, 0.5) is 5.69 Å². The number of rotatable bonds is 4. The van der Waals surface area contributed by atoms with Gasteiger partial charge in [-0.2, -0.15) is 0 Å². The number of hydrogen-bond donors (Lipinski definition) is 2. The third-order valence-electron chi connectivity index (χ3n) is 3.48.